The van der Waals surface area contributed by atoms with E-state index in [1.54, 1.807) is 0 Å². The molecule has 1 saturated carbocycles. The smallest absolute Gasteiger partial charge is 0.0367 e. The van der Waals surface area contributed by atoms with Crippen molar-refractivity contribution in [1.82, 2.24) is 4.90 Å². The van der Waals surface area contributed by atoms with Crippen LogP contribution in [0.1, 0.15) is 39.2 Å². The lowest BCUT2D eigenvalue weighted by molar-refractivity contribution is 0.248. The minimum Gasteiger partial charge on any atom is -0.369 e. The van der Waals surface area contributed by atoms with Gasteiger partial charge in [-0.2, -0.15) is 0 Å². The van der Waals surface area contributed by atoms with E-state index in [1.807, 2.05) is 0 Å². The molecule has 0 aromatic heterocycles. The van der Waals surface area contributed by atoms with Crippen LogP contribution in [0.5, 0.6) is 0 Å². The lowest BCUT2D eigenvalue weighted by atomic mass is 9.87. The van der Waals surface area contributed by atoms with Crippen LogP contribution in [0.25, 0.3) is 0 Å². The highest BCUT2D eigenvalue weighted by Crippen LogP contribution is 2.30. The topological polar surface area (TPSA) is 6.48 Å². The van der Waals surface area contributed by atoms with Crippen LogP contribution in [0, 0.1) is 5.92 Å². The first-order chi connectivity index (χ1) is 9.52. The van der Waals surface area contributed by atoms with Crippen molar-refractivity contribution in [2.24, 2.45) is 5.92 Å². The SMILES string of the molecule is CC(C)(C)c1ccc(N2CCN(CC3CC3)CC2)cc1. The molecule has 1 aromatic rings. The summed E-state index contributed by atoms with van der Waals surface area (Å²) in [6.07, 6.45) is 2.93. The van der Waals surface area contributed by atoms with Crippen molar-refractivity contribution in [3.8, 4) is 0 Å². The summed E-state index contributed by atoms with van der Waals surface area (Å²) in [4.78, 5) is 5.19. The third kappa shape index (κ3) is 3.35. The van der Waals surface area contributed by atoms with Crippen LogP contribution in [0.3, 0.4) is 0 Å². The molecule has 2 heteroatoms. The summed E-state index contributed by atoms with van der Waals surface area (Å²) in [5, 5.41) is 0. The van der Waals surface area contributed by atoms with E-state index in [2.05, 4.69) is 54.8 Å². The summed E-state index contributed by atoms with van der Waals surface area (Å²) in [7, 11) is 0. The lowest BCUT2D eigenvalue weighted by Gasteiger charge is -2.36. The third-order valence-electron chi connectivity index (χ3n) is 4.68. The molecule has 0 bridgehead atoms. The highest BCUT2D eigenvalue weighted by atomic mass is 15.3. The van der Waals surface area contributed by atoms with Crippen molar-refractivity contribution in [3.63, 3.8) is 0 Å². The second-order valence-corrected chi connectivity index (χ2v) is 7.53. The number of benzene rings is 1. The molecule has 2 fully saturated rings. The molecule has 110 valence electrons. The van der Waals surface area contributed by atoms with Crippen LogP contribution < -0.4 is 4.90 Å². The maximum absolute atomic E-state index is 2.65. The van der Waals surface area contributed by atoms with E-state index < -0.39 is 0 Å². The molecular formula is C18H28N2. The third-order valence-corrected chi connectivity index (χ3v) is 4.68. The fourth-order valence-electron chi connectivity index (χ4n) is 3.03. The Labute approximate surface area is 123 Å². The quantitative estimate of drug-likeness (QED) is 0.831. The summed E-state index contributed by atoms with van der Waals surface area (Å²) >= 11 is 0. The molecule has 20 heavy (non-hydrogen) atoms. The van der Waals surface area contributed by atoms with Gasteiger partial charge < -0.3 is 4.90 Å². The maximum atomic E-state index is 2.65. The fraction of sp³-hybridized carbons (Fsp3) is 0.667. The van der Waals surface area contributed by atoms with Crippen LogP contribution in [-0.2, 0) is 5.41 Å². The molecule has 2 aliphatic rings. The number of hydrogen-bond acceptors (Lipinski definition) is 2. The zero-order valence-electron chi connectivity index (χ0n) is 13.2. The molecule has 1 aliphatic heterocycles. The zero-order valence-corrected chi connectivity index (χ0v) is 13.2. The Morgan fingerprint density at radius 1 is 0.950 bits per heavy atom. The molecule has 1 aliphatic carbocycles. The Balaban J connectivity index is 1.57. The van der Waals surface area contributed by atoms with Gasteiger partial charge in [0, 0.05) is 38.4 Å². The molecule has 0 radical (unpaired) electrons. The second kappa shape index (κ2) is 5.40. The van der Waals surface area contributed by atoms with Crippen LogP contribution >= 0.6 is 0 Å². The monoisotopic (exact) mass is 272 g/mol. The Hall–Kier alpha value is -1.02. The predicted molar refractivity (Wildman–Crippen MR) is 86.5 cm³/mol. The maximum Gasteiger partial charge on any atom is 0.0367 e. The number of anilines is 1. The lowest BCUT2D eigenvalue weighted by Crippen LogP contribution is -2.47. The molecule has 0 unspecified atom stereocenters. The predicted octanol–water partition coefficient (Wildman–Crippen LogP) is 3.52. The first-order valence-corrected chi connectivity index (χ1v) is 8.10. The molecule has 0 amide bonds. The van der Waals surface area contributed by atoms with Gasteiger partial charge in [0.05, 0.1) is 0 Å². The first-order valence-electron chi connectivity index (χ1n) is 8.10. The Morgan fingerprint density at radius 2 is 1.55 bits per heavy atom. The van der Waals surface area contributed by atoms with Crippen molar-refractivity contribution < 1.29 is 0 Å². The number of rotatable bonds is 3. The average molecular weight is 272 g/mol. The molecule has 0 spiro atoms. The van der Waals surface area contributed by atoms with Crippen LogP contribution in [0.15, 0.2) is 24.3 Å². The van der Waals surface area contributed by atoms with E-state index in [4.69, 9.17) is 0 Å². The highest BCUT2D eigenvalue weighted by Gasteiger charge is 2.26. The Morgan fingerprint density at radius 3 is 2.05 bits per heavy atom. The minimum absolute atomic E-state index is 0.251. The van der Waals surface area contributed by atoms with Gasteiger partial charge >= 0.3 is 0 Å². The van der Waals surface area contributed by atoms with Crippen molar-refractivity contribution in [3.05, 3.63) is 29.8 Å². The molecule has 3 rings (SSSR count). The zero-order chi connectivity index (χ0) is 14.2. The Bertz CT molecular complexity index is 431. The van der Waals surface area contributed by atoms with Crippen LogP contribution in [0.2, 0.25) is 0 Å². The van der Waals surface area contributed by atoms with E-state index >= 15 is 0 Å². The standard InChI is InChI=1S/C18H28N2/c1-18(2,3)16-6-8-17(9-7-16)20-12-10-19(11-13-20)14-15-4-5-15/h6-9,15H,4-5,10-14H2,1-3H3. The summed E-state index contributed by atoms with van der Waals surface area (Å²) < 4.78 is 0. The first kappa shape index (κ1) is 13.9. The Kier molecular flexibility index (Phi) is 3.76. The van der Waals surface area contributed by atoms with Crippen molar-refractivity contribution in [2.45, 2.75) is 39.0 Å². The number of hydrogen-bond donors (Lipinski definition) is 0. The number of nitrogens with zero attached hydrogens (tertiary/aromatic N) is 2. The van der Waals surface area contributed by atoms with E-state index in [0.717, 1.165) is 5.92 Å². The van der Waals surface area contributed by atoms with Crippen molar-refractivity contribution in [1.29, 1.82) is 0 Å². The number of piperazine rings is 1. The molecule has 2 nitrogen and oxygen atoms in total. The van der Waals surface area contributed by atoms with E-state index in [9.17, 15) is 0 Å². The molecule has 1 saturated heterocycles. The van der Waals surface area contributed by atoms with Gasteiger partial charge in [0.15, 0.2) is 0 Å². The molecule has 1 heterocycles. The fourth-order valence-corrected chi connectivity index (χ4v) is 3.03. The van der Waals surface area contributed by atoms with Gasteiger partial charge in [0.2, 0.25) is 0 Å². The second-order valence-electron chi connectivity index (χ2n) is 7.53. The summed E-state index contributed by atoms with van der Waals surface area (Å²) in [5.74, 6) is 1.02. The van der Waals surface area contributed by atoms with Gasteiger partial charge in [-0.3, -0.25) is 4.90 Å². The van der Waals surface area contributed by atoms with Gasteiger partial charge in [0.1, 0.15) is 0 Å². The van der Waals surface area contributed by atoms with Gasteiger partial charge in [-0.1, -0.05) is 32.9 Å². The molecular weight excluding hydrogens is 244 g/mol. The van der Waals surface area contributed by atoms with Crippen molar-refractivity contribution >= 4 is 5.69 Å². The van der Waals surface area contributed by atoms with E-state index in [-0.39, 0.29) is 5.41 Å². The summed E-state index contributed by atoms with van der Waals surface area (Å²) in [6, 6.07) is 9.20. The summed E-state index contributed by atoms with van der Waals surface area (Å²) in [5.41, 5.74) is 3.07. The molecule has 0 atom stereocenters. The van der Waals surface area contributed by atoms with E-state index in [0.29, 0.717) is 0 Å². The molecule has 1 aromatic carbocycles. The average Bonchev–Trinajstić information content (AvgIpc) is 3.23. The van der Waals surface area contributed by atoms with E-state index in [1.165, 1.54) is 56.8 Å². The van der Waals surface area contributed by atoms with Crippen molar-refractivity contribution in [2.75, 3.05) is 37.6 Å². The normalized spacial score (nSPS) is 21.2. The largest absolute Gasteiger partial charge is 0.369 e. The van der Waals surface area contributed by atoms with Gasteiger partial charge in [-0.15, -0.1) is 0 Å². The van der Waals surface area contributed by atoms with Gasteiger partial charge in [-0.05, 0) is 41.9 Å². The van der Waals surface area contributed by atoms with Crippen LogP contribution in [0.4, 0.5) is 5.69 Å². The minimum atomic E-state index is 0.251. The summed E-state index contributed by atoms with van der Waals surface area (Å²) in [6.45, 7) is 13.0. The van der Waals surface area contributed by atoms with Crippen LogP contribution in [-0.4, -0.2) is 37.6 Å². The molecule has 0 N–H and O–H groups in total. The van der Waals surface area contributed by atoms with Gasteiger partial charge in [0.25, 0.3) is 0 Å². The van der Waals surface area contributed by atoms with Gasteiger partial charge in [-0.25, -0.2) is 0 Å². The highest BCUT2D eigenvalue weighted by molar-refractivity contribution is 5.49.